The summed E-state index contributed by atoms with van der Waals surface area (Å²) in [4.78, 5) is 21.6. The van der Waals surface area contributed by atoms with E-state index in [-0.39, 0.29) is 28.8 Å². The molecule has 0 bridgehead atoms. The first-order valence-corrected chi connectivity index (χ1v) is 12.1. The maximum absolute atomic E-state index is 13.4. The first kappa shape index (κ1) is 24.6. The zero-order valence-electron chi connectivity index (χ0n) is 16.8. The monoisotopic (exact) mass is 487 g/mol. The molecule has 0 spiro atoms. The molecule has 0 aliphatic heterocycles. The van der Waals surface area contributed by atoms with Crippen LogP contribution in [-0.4, -0.2) is 57.6 Å². The molecule has 3 aromatic rings. The second-order valence-electron chi connectivity index (χ2n) is 6.96. The smallest absolute Gasteiger partial charge is 0.261 e. The van der Waals surface area contributed by atoms with Gasteiger partial charge >= 0.3 is 0 Å². The highest BCUT2D eigenvalue weighted by Crippen LogP contribution is 2.34. The van der Waals surface area contributed by atoms with Crippen molar-refractivity contribution in [3.63, 3.8) is 0 Å². The third kappa shape index (κ3) is 5.50. The minimum absolute atomic E-state index is 0. The standard InChI is InChI=1S/C20H22ClN3O3S2.ClH/c1-23(2)12-7-13-24(20-22-18-15(21)9-6-10-16(18)28-20)19(25)14-8-4-5-11-17(14)29(3,26)27;/h4-6,8-11H,7,12-13H2,1-3H3;1H. The van der Waals surface area contributed by atoms with Crippen LogP contribution in [0.15, 0.2) is 47.4 Å². The van der Waals surface area contributed by atoms with Gasteiger partial charge in [-0.05, 0) is 51.3 Å². The van der Waals surface area contributed by atoms with Gasteiger partial charge in [0.15, 0.2) is 15.0 Å². The van der Waals surface area contributed by atoms with E-state index in [1.54, 1.807) is 23.1 Å². The molecule has 0 aliphatic carbocycles. The summed E-state index contributed by atoms with van der Waals surface area (Å²) < 4.78 is 25.3. The maximum atomic E-state index is 13.4. The number of hydrogen-bond donors (Lipinski definition) is 0. The van der Waals surface area contributed by atoms with Gasteiger partial charge in [0, 0.05) is 12.8 Å². The molecule has 0 N–H and O–H groups in total. The number of halogens is 2. The summed E-state index contributed by atoms with van der Waals surface area (Å²) in [5.41, 5.74) is 0.779. The molecular formula is C20H23Cl2N3O3S2. The van der Waals surface area contributed by atoms with Gasteiger partial charge in [0.25, 0.3) is 5.91 Å². The minimum atomic E-state index is -3.55. The Hall–Kier alpha value is -1.71. The van der Waals surface area contributed by atoms with E-state index >= 15 is 0 Å². The molecule has 2 aromatic carbocycles. The van der Waals surface area contributed by atoms with Crippen LogP contribution in [0.5, 0.6) is 0 Å². The van der Waals surface area contributed by atoms with Crippen molar-refractivity contribution < 1.29 is 13.2 Å². The molecular weight excluding hydrogens is 465 g/mol. The fraction of sp³-hybridized carbons (Fsp3) is 0.300. The predicted octanol–water partition coefficient (Wildman–Crippen LogP) is 4.37. The molecule has 0 saturated heterocycles. The molecule has 0 unspecified atom stereocenters. The Balaban J connectivity index is 0.00000320. The van der Waals surface area contributed by atoms with Gasteiger partial charge in [-0.3, -0.25) is 9.69 Å². The summed E-state index contributed by atoms with van der Waals surface area (Å²) in [6, 6.07) is 11.8. The molecule has 0 aliphatic rings. The van der Waals surface area contributed by atoms with Crippen LogP contribution >= 0.6 is 35.3 Å². The molecule has 3 rings (SSSR count). The van der Waals surface area contributed by atoms with Crippen molar-refractivity contribution in [1.82, 2.24) is 9.88 Å². The van der Waals surface area contributed by atoms with Crippen LogP contribution in [0.2, 0.25) is 5.02 Å². The van der Waals surface area contributed by atoms with Crippen LogP contribution in [0.3, 0.4) is 0 Å². The highest BCUT2D eigenvalue weighted by atomic mass is 35.5. The lowest BCUT2D eigenvalue weighted by Gasteiger charge is -2.22. The summed E-state index contributed by atoms with van der Waals surface area (Å²) in [6.07, 6.45) is 1.82. The third-order valence-corrected chi connectivity index (χ3v) is 6.84. The molecule has 162 valence electrons. The highest BCUT2D eigenvalue weighted by molar-refractivity contribution is 7.90. The van der Waals surface area contributed by atoms with Crippen molar-refractivity contribution in [3.05, 3.63) is 53.1 Å². The van der Waals surface area contributed by atoms with Gasteiger partial charge < -0.3 is 4.90 Å². The highest BCUT2D eigenvalue weighted by Gasteiger charge is 2.26. The van der Waals surface area contributed by atoms with E-state index in [0.717, 1.165) is 17.5 Å². The number of aromatic nitrogens is 1. The maximum Gasteiger partial charge on any atom is 0.261 e. The Morgan fingerprint density at radius 2 is 1.80 bits per heavy atom. The van der Waals surface area contributed by atoms with Crippen molar-refractivity contribution in [2.45, 2.75) is 11.3 Å². The fourth-order valence-electron chi connectivity index (χ4n) is 2.96. The van der Waals surface area contributed by atoms with Crippen LogP contribution in [0, 0.1) is 0 Å². The van der Waals surface area contributed by atoms with Crippen molar-refractivity contribution in [2.24, 2.45) is 0 Å². The molecule has 10 heteroatoms. The van der Waals surface area contributed by atoms with Gasteiger partial charge in [-0.1, -0.05) is 41.1 Å². The van der Waals surface area contributed by atoms with E-state index in [0.29, 0.717) is 28.6 Å². The number of anilines is 1. The predicted molar refractivity (Wildman–Crippen MR) is 126 cm³/mol. The molecule has 30 heavy (non-hydrogen) atoms. The van der Waals surface area contributed by atoms with Gasteiger partial charge in [-0.15, -0.1) is 12.4 Å². The number of thiazole rings is 1. The van der Waals surface area contributed by atoms with E-state index in [2.05, 4.69) is 4.98 Å². The average molecular weight is 488 g/mol. The quantitative estimate of drug-likeness (QED) is 0.494. The topological polar surface area (TPSA) is 70.6 Å². The van der Waals surface area contributed by atoms with Crippen LogP contribution in [0.4, 0.5) is 5.13 Å². The molecule has 0 saturated carbocycles. The molecule has 0 radical (unpaired) electrons. The Morgan fingerprint density at radius 3 is 2.43 bits per heavy atom. The van der Waals surface area contributed by atoms with Gasteiger partial charge in [-0.25, -0.2) is 13.4 Å². The lowest BCUT2D eigenvalue weighted by Crippen LogP contribution is -2.34. The number of benzene rings is 2. The SMILES string of the molecule is CN(C)CCCN(C(=O)c1ccccc1S(C)(=O)=O)c1nc2c(Cl)cccc2s1.Cl. The molecule has 1 amide bonds. The molecule has 0 fully saturated rings. The summed E-state index contributed by atoms with van der Waals surface area (Å²) in [5.74, 6) is -0.389. The van der Waals surface area contributed by atoms with Gasteiger partial charge in [0.05, 0.1) is 20.2 Å². The number of sulfone groups is 1. The van der Waals surface area contributed by atoms with E-state index in [9.17, 15) is 13.2 Å². The Morgan fingerprint density at radius 1 is 1.10 bits per heavy atom. The number of hydrogen-bond acceptors (Lipinski definition) is 6. The summed E-state index contributed by atoms with van der Waals surface area (Å²) in [5, 5.41) is 1.02. The van der Waals surface area contributed by atoms with Gasteiger partial charge in [0.2, 0.25) is 0 Å². The second kappa shape index (κ2) is 10.1. The number of fused-ring (bicyclic) bond motifs is 1. The summed E-state index contributed by atoms with van der Waals surface area (Å²) >= 11 is 7.62. The zero-order valence-corrected chi connectivity index (χ0v) is 20.0. The van der Waals surface area contributed by atoms with E-state index < -0.39 is 9.84 Å². The number of amides is 1. The number of rotatable bonds is 7. The van der Waals surface area contributed by atoms with Crippen molar-refractivity contribution in [2.75, 3.05) is 38.3 Å². The largest absolute Gasteiger partial charge is 0.309 e. The normalized spacial score (nSPS) is 11.5. The van der Waals surface area contributed by atoms with E-state index in [4.69, 9.17) is 11.6 Å². The zero-order chi connectivity index (χ0) is 21.2. The Kier molecular flexibility index (Phi) is 8.24. The summed E-state index contributed by atoms with van der Waals surface area (Å²) in [6.45, 7) is 1.19. The number of carbonyl (C=O) groups excluding carboxylic acids is 1. The second-order valence-corrected chi connectivity index (χ2v) is 10.4. The number of para-hydroxylation sites is 1. The number of carbonyl (C=O) groups is 1. The molecule has 1 heterocycles. The van der Waals surface area contributed by atoms with Crippen LogP contribution < -0.4 is 4.90 Å². The molecule has 0 atom stereocenters. The van der Waals surface area contributed by atoms with Crippen LogP contribution in [0.25, 0.3) is 10.2 Å². The van der Waals surface area contributed by atoms with E-state index in [1.807, 2.05) is 31.1 Å². The average Bonchev–Trinajstić information content (AvgIpc) is 3.09. The first-order valence-electron chi connectivity index (χ1n) is 8.99. The lowest BCUT2D eigenvalue weighted by molar-refractivity contribution is 0.0983. The van der Waals surface area contributed by atoms with Crippen LogP contribution in [-0.2, 0) is 9.84 Å². The minimum Gasteiger partial charge on any atom is -0.309 e. The van der Waals surface area contributed by atoms with Gasteiger partial charge in [0.1, 0.15) is 5.52 Å². The Labute approximate surface area is 191 Å². The van der Waals surface area contributed by atoms with Crippen molar-refractivity contribution in [1.29, 1.82) is 0 Å². The van der Waals surface area contributed by atoms with Crippen molar-refractivity contribution in [3.8, 4) is 0 Å². The van der Waals surface area contributed by atoms with Crippen molar-refractivity contribution >= 4 is 66.4 Å². The lowest BCUT2D eigenvalue weighted by atomic mass is 10.2. The molecule has 6 nitrogen and oxygen atoms in total. The van der Waals surface area contributed by atoms with E-state index in [1.165, 1.54) is 23.5 Å². The number of nitrogens with zero attached hydrogens (tertiary/aromatic N) is 3. The third-order valence-electron chi connectivity index (χ3n) is 4.34. The molecule has 1 aromatic heterocycles. The van der Waals surface area contributed by atoms with Gasteiger partial charge in [-0.2, -0.15) is 0 Å². The Bertz CT molecular complexity index is 1150. The van der Waals surface area contributed by atoms with Crippen LogP contribution in [0.1, 0.15) is 16.8 Å². The first-order chi connectivity index (χ1) is 13.7. The fourth-order valence-corrected chi connectivity index (χ4v) is 5.13. The summed E-state index contributed by atoms with van der Waals surface area (Å²) in [7, 11) is 0.368.